The van der Waals surface area contributed by atoms with Crippen LogP contribution in [0, 0.1) is 13.8 Å². The Morgan fingerprint density at radius 1 is 0.366 bits per heavy atom. The number of hydrogen-bond acceptors (Lipinski definition) is 0. The van der Waals surface area contributed by atoms with E-state index in [9.17, 15) is 0 Å². The summed E-state index contributed by atoms with van der Waals surface area (Å²) in [4.78, 5) is 0. The number of benzene rings is 6. The third-order valence-electron chi connectivity index (χ3n) is 7.95. The Kier molecular flexibility index (Phi) is 7.46. The van der Waals surface area contributed by atoms with E-state index in [1.54, 1.807) is 0 Å². The van der Waals surface area contributed by atoms with Gasteiger partial charge in [-0.3, -0.25) is 0 Å². The van der Waals surface area contributed by atoms with E-state index >= 15 is 0 Å². The summed E-state index contributed by atoms with van der Waals surface area (Å²) in [7, 11) is 0. The van der Waals surface area contributed by atoms with Crippen LogP contribution in [0.5, 0.6) is 0 Å². The zero-order valence-corrected chi connectivity index (χ0v) is 24.9. The molecule has 0 spiro atoms. The third-order valence-corrected chi connectivity index (χ3v) is 7.95. The standard InChI is InChI=1S/2C20H15.Ti/c2*1-14-12-16-8-5-11-19(20(16)13-14)18-10-4-7-15-6-2-3-9-17(15)18;/h2*2-13H,1H3;/q2*-1;+2. The predicted molar refractivity (Wildman–Crippen MR) is 174 cm³/mol. The minimum atomic E-state index is 0. The summed E-state index contributed by atoms with van der Waals surface area (Å²) >= 11 is 0. The normalized spacial score (nSPS) is 11.0. The molecule has 0 unspecified atom stereocenters. The maximum Gasteiger partial charge on any atom is 2.00 e. The first-order valence-corrected chi connectivity index (χ1v) is 13.9. The second-order valence-electron chi connectivity index (χ2n) is 10.7. The summed E-state index contributed by atoms with van der Waals surface area (Å²) in [6.45, 7) is 4.32. The Bertz CT molecular complexity index is 1970. The van der Waals surface area contributed by atoms with Crippen molar-refractivity contribution in [2.45, 2.75) is 13.8 Å². The molecule has 1 heteroatoms. The fourth-order valence-electron chi connectivity index (χ4n) is 6.16. The van der Waals surface area contributed by atoms with Gasteiger partial charge in [0.2, 0.25) is 0 Å². The maximum absolute atomic E-state index is 2.28. The molecule has 41 heavy (non-hydrogen) atoms. The van der Waals surface area contributed by atoms with Gasteiger partial charge in [0.15, 0.2) is 0 Å². The predicted octanol–water partition coefficient (Wildman–Crippen LogP) is 11.4. The van der Waals surface area contributed by atoms with Crippen LogP contribution >= 0.6 is 0 Å². The molecule has 0 atom stereocenters. The molecule has 8 aromatic rings. The van der Waals surface area contributed by atoms with Gasteiger partial charge in [-0.25, -0.2) is 0 Å². The summed E-state index contributed by atoms with van der Waals surface area (Å²) in [5.41, 5.74) is 7.94. The van der Waals surface area contributed by atoms with E-state index in [2.05, 4.69) is 159 Å². The van der Waals surface area contributed by atoms with Crippen molar-refractivity contribution in [3.63, 3.8) is 0 Å². The average molecular weight is 559 g/mol. The monoisotopic (exact) mass is 558 g/mol. The van der Waals surface area contributed by atoms with Crippen LogP contribution in [0.3, 0.4) is 0 Å². The van der Waals surface area contributed by atoms with Gasteiger partial charge >= 0.3 is 21.7 Å². The van der Waals surface area contributed by atoms with Crippen LogP contribution in [0.1, 0.15) is 11.1 Å². The number of fused-ring (bicyclic) bond motifs is 4. The third kappa shape index (κ3) is 5.06. The Morgan fingerprint density at radius 2 is 0.707 bits per heavy atom. The van der Waals surface area contributed by atoms with Crippen molar-refractivity contribution in [2.75, 3.05) is 0 Å². The van der Waals surface area contributed by atoms with Gasteiger partial charge in [-0.15, -0.1) is 69.1 Å². The molecule has 8 rings (SSSR count). The van der Waals surface area contributed by atoms with E-state index < -0.39 is 0 Å². The zero-order chi connectivity index (χ0) is 27.1. The molecule has 0 saturated carbocycles. The quantitative estimate of drug-likeness (QED) is 0.146. The Labute approximate surface area is 256 Å². The van der Waals surface area contributed by atoms with Crippen LogP contribution in [0.15, 0.2) is 146 Å². The summed E-state index contributed by atoms with van der Waals surface area (Å²) in [5, 5.41) is 10.6. The molecular formula is C40H30Ti. The van der Waals surface area contributed by atoms with E-state index in [1.807, 2.05) is 0 Å². The Hall–Kier alpha value is -4.23. The van der Waals surface area contributed by atoms with Gasteiger partial charge in [0.25, 0.3) is 0 Å². The maximum atomic E-state index is 2.28. The molecule has 194 valence electrons. The van der Waals surface area contributed by atoms with Crippen molar-refractivity contribution in [1.82, 2.24) is 0 Å². The van der Waals surface area contributed by atoms with E-state index in [4.69, 9.17) is 0 Å². The molecule has 0 heterocycles. The molecule has 0 radical (unpaired) electrons. The molecule has 0 N–H and O–H groups in total. The van der Waals surface area contributed by atoms with Gasteiger partial charge in [-0.2, -0.15) is 12.1 Å². The van der Waals surface area contributed by atoms with Crippen LogP contribution < -0.4 is 0 Å². The molecule has 0 aliphatic heterocycles. The van der Waals surface area contributed by atoms with Crippen LogP contribution in [-0.2, 0) is 21.7 Å². The summed E-state index contributed by atoms with van der Waals surface area (Å²) in [6.07, 6.45) is 0. The van der Waals surface area contributed by atoms with Crippen molar-refractivity contribution in [3.8, 4) is 22.3 Å². The van der Waals surface area contributed by atoms with Gasteiger partial charge in [0.1, 0.15) is 0 Å². The first-order chi connectivity index (χ1) is 19.7. The van der Waals surface area contributed by atoms with Crippen LogP contribution in [0.4, 0.5) is 0 Å². The van der Waals surface area contributed by atoms with Crippen molar-refractivity contribution in [1.29, 1.82) is 0 Å². The first kappa shape index (κ1) is 27.0. The van der Waals surface area contributed by atoms with Gasteiger partial charge in [0.05, 0.1) is 0 Å². The minimum absolute atomic E-state index is 0. The molecule has 8 aromatic carbocycles. The van der Waals surface area contributed by atoms with E-state index in [0.717, 1.165) is 0 Å². The molecule has 0 nitrogen and oxygen atoms in total. The van der Waals surface area contributed by atoms with E-state index in [0.29, 0.717) is 0 Å². The molecule has 0 saturated heterocycles. The molecular weight excluding hydrogens is 528 g/mol. The zero-order valence-electron chi connectivity index (χ0n) is 23.4. The second-order valence-corrected chi connectivity index (χ2v) is 10.7. The van der Waals surface area contributed by atoms with Crippen LogP contribution in [-0.4, -0.2) is 0 Å². The van der Waals surface area contributed by atoms with Gasteiger partial charge in [-0.05, 0) is 32.7 Å². The van der Waals surface area contributed by atoms with Gasteiger partial charge in [0, 0.05) is 0 Å². The Morgan fingerprint density at radius 3 is 1.15 bits per heavy atom. The van der Waals surface area contributed by atoms with Gasteiger partial charge in [-0.1, -0.05) is 122 Å². The molecule has 0 aliphatic carbocycles. The summed E-state index contributed by atoms with van der Waals surface area (Å²) < 4.78 is 0. The number of hydrogen-bond donors (Lipinski definition) is 0. The molecule has 0 aliphatic rings. The molecule has 0 fully saturated rings. The summed E-state index contributed by atoms with van der Waals surface area (Å²) in [5.74, 6) is 0. The van der Waals surface area contributed by atoms with E-state index in [1.165, 1.54) is 76.5 Å². The average Bonchev–Trinajstić information content (AvgIpc) is 3.57. The topological polar surface area (TPSA) is 0 Å². The van der Waals surface area contributed by atoms with Crippen molar-refractivity contribution in [2.24, 2.45) is 0 Å². The van der Waals surface area contributed by atoms with Crippen molar-refractivity contribution in [3.05, 3.63) is 157 Å². The van der Waals surface area contributed by atoms with Gasteiger partial charge < -0.3 is 0 Å². The minimum Gasteiger partial charge on any atom is -0.165 e. The summed E-state index contributed by atoms with van der Waals surface area (Å²) in [6, 6.07) is 52.5. The Balaban J connectivity index is 0.000000144. The van der Waals surface area contributed by atoms with Crippen LogP contribution in [0.25, 0.3) is 65.3 Å². The molecule has 0 bridgehead atoms. The fourth-order valence-corrected chi connectivity index (χ4v) is 6.16. The number of rotatable bonds is 2. The van der Waals surface area contributed by atoms with Crippen LogP contribution in [0.2, 0.25) is 0 Å². The van der Waals surface area contributed by atoms with E-state index in [-0.39, 0.29) is 21.7 Å². The van der Waals surface area contributed by atoms with Crippen molar-refractivity contribution >= 4 is 43.1 Å². The molecule has 0 amide bonds. The fraction of sp³-hybridized carbons (Fsp3) is 0.0500. The smallest absolute Gasteiger partial charge is 0.165 e. The first-order valence-electron chi connectivity index (χ1n) is 13.9. The van der Waals surface area contributed by atoms with Crippen molar-refractivity contribution < 1.29 is 21.7 Å². The SMILES string of the molecule is Cc1cc2c(-c3cccc4ccccc34)cccc2[cH-]1.Cc1cc2c(-c3cccc4ccccc34)cccc2[cH-]1.[Ti+2]. The second kappa shape index (κ2) is 11.3. The largest absolute Gasteiger partial charge is 2.00 e. The molecule has 0 aromatic heterocycles. The number of aryl methyl sites for hydroxylation is 2.